The predicted molar refractivity (Wildman–Crippen MR) is 127 cm³/mol. The molecule has 2 fully saturated rings. The maximum Gasteiger partial charge on any atom is 0.289 e. The molecule has 4 rings (SSSR count). The number of morpholine rings is 1. The van der Waals surface area contributed by atoms with Gasteiger partial charge in [-0.2, -0.15) is 0 Å². The van der Waals surface area contributed by atoms with Crippen LogP contribution in [0.2, 0.25) is 15.1 Å². The smallest absolute Gasteiger partial charge is 0.289 e. The van der Waals surface area contributed by atoms with E-state index in [0.29, 0.717) is 21.6 Å². The Morgan fingerprint density at radius 3 is 2.69 bits per heavy atom. The van der Waals surface area contributed by atoms with E-state index >= 15 is 0 Å². The van der Waals surface area contributed by atoms with E-state index in [0.717, 1.165) is 36.8 Å². The molecule has 1 aliphatic carbocycles. The second-order valence-corrected chi connectivity index (χ2v) is 9.28. The van der Waals surface area contributed by atoms with Crippen molar-refractivity contribution in [2.75, 3.05) is 6.54 Å². The van der Waals surface area contributed by atoms with Crippen LogP contribution in [0.25, 0.3) is 6.08 Å². The van der Waals surface area contributed by atoms with Crippen LogP contribution in [0.5, 0.6) is 0 Å². The summed E-state index contributed by atoms with van der Waals surface area (Å²) in [5, 5.41) is 4.34. The van der Waals surface area contributed by atoms with Gasteiger partial charge in [0.25, 0.3) is 5.91 Å². The molecule has 0 radical (unpaired) electrons. The van der Waals surface area contributed by atoms with Crippen molar-refractivity contribution < 1.29 is 14.3 Å². The van der Waals surface area contributed by atoms with Crippen LogP contribution in [0, 0.1) is 0 Å². The monoisotopic (exact) mass is 492 g/mol. The van der Waals surface area contributed by atoms with Crippen molar-refractivity contribution in [3.8, 4) is 0 Å². The number of carbonyl (C=O) groups is 2. The quantitative estimate of drug-likeness (QED) is 0.562. The van der Waals surface area contributed by atoms with E-state index < -0.39 is 0 Å². The first-order valence-electron chi connectivity index (χ1n) is 10.6. The fraction of sp³-hybridized carbons (Fsp3) is 0.333. The van der Waals surface area contributed by atoms with Gasteiger partial charge in [0.15, 0.2) is 5.76 Å². The number of nitrogens with one attached hydrogen (secondary N) is 1. The van der Waals surface area contributed by atoms with Crippen molar-refractivity contribution in [1.82, 2.24) is 10.2 Å². The third-order valence-electron chi connectivity index (χ3n) is 5.75. The molecule has 32 heavy (non-hydrogen) atoms. The Morgan fingerprint density at radius 2 is 1.91 bits per heavy atom. The number of rotatable bonds is 5. The number of hydrogen-bond donors (Lipinski definition) is 1. The molecule has 168 valence electrons. The lowest BCUT2D eigenvalue weighted by molar-refractivity contribution is -0.151. The van der Waals surface area contributed by atoms with Gasteiger partial charge in [0.2, 0.25) is 5.91 Å². The maximum absolute atomic E-state index is 13.2. The van der Waals surface area contributed by atoms with Crippen LogP contribution in [-0.2, 0) is 20.9 Å². The molecule has 2 atom stereocenters. The number of ether oxygens (including phenoxy) is 1. The average molecular weight is 494 g/mol. The highest BCUT2D eigenvalue weighted by atomic mass is 35.5. The Bertz CT molecular complexity index is 1060. The first-order chi connectivity index (χ1) is 15.4. The minimum atomic E-state index is -0.280. The number of amides is 2. The number of fused-ring (bicyclic) bond motifs is 1. The SMILES string of the molecule is O=C(CN1C(=O)/C(=C\c2cccc(Cl)c2)OC2CCCCC21)NCc1ccc(Cl)c(Cl)c1. The van der Waals surface area contributed by atoms with Gasteiger partial charge < -0.3 is 15.0 Å². The predicted octanol–water partition coefficient (Wildman–Crippen LogP) is 5.47. The van der Waals surface area contributed by atoms with Gasteiger partial charge in [-0.1, -0.05) is 59.4 Å². The third-order valence-corrected chi connectivity index (χ3v) is 6.73. The summed E-state index contributed by atoms with van der Waals surface area (Å²) in [6.07, 6.45) is 5.30. The molecule has 8 heteroatoms. The van der Waals surface area contributed by atoms with E-state index in [1.54, 1.807) is 41.3 Å². The second-order valence-electron chi connectivity index (χ2n) is 8.03. The van der Waals surface area contributed by atoms with E-state index in [2.05, 4.69) is 5.32 Å². The molecular weight excluding hydrogens is 471 g/mol. The van der Waals surface area contributed by atoms with Gasteiger partial charge in [-0.15, -0.1) is 0 Å². The van der Waals surface area contributed by atoms with Gasteiger partial charge >= 0.3 is 0 Å². The zero-order valence-electron chi connectivity index (χ0n) is 17.3. The summed E-state index contributed by atoms with van der Waals surface area (Å²) in [6.45, 7) is 0.269. The van der Waals surface area contributed by atoms with Crippen LogP contribution in [0.4, 0.5) is 0 Å². The number of benzene rings is 2. The van der Waals surface area contributed by atoms with E-state index in [4.69, 9.17) is 39.5 Å². The highest BCUT2D eigenvalue weighted by Crippen LogP contribution is 2.33. The summed E-state index contributed by atoms with van der Waals surface area (Å²) in [4.78, 5) is 27.6. The van der Waals surface area contributed by atoms with Crippen LogP contribution >= 0.6 is 34.8 Å². The molecule has 1 heterocycles. The van der Waals surface area contributed by atoms with Gasteiger partial charge in [0, 0.05) is 11.6 Å². The van der Waals surface area contributed by atoms with Crippen molar-refractivity contribution >= 4 is 52.7 Å². The molecule has 2 unspecified atom stereocenters. The molecule has 0 spiro atoms. The number of hydrogen-bond acceptors (Lipinski definition) is 3. The summed E-state index contributed by atoms with van der Waals surface area (Å²) >= 11 is 18.1. The molecule has 0 bridgehead atoms. The molecule has 1 aliphatic heterocycles. The van der Waals surface area contributed by atoms with Crippen LogP contribution < -0.4 is 5.32 Å². The lowest BCUT2D eigenvalue weighted by Gasteiger charge is -2.44. The Morgan fingerprint density at radius 1 is 1.09 bits per heavy atom. The maximum atomic E-state index is 13.2. The molecule has 0 aromatic heterocycles. The normalized spacial score (nSPS) is 21.8. The van der Waals surface area contributed by atoms with E-state index in [1.165, 1.54) is 0 Å². The molecular formula is C24H23Cl3N2O3. The third kappa shape index (κ3) is 5.40. The highest BCUT2D eigenvalue weighted by Gasteiger charge is 2.42. The Labute approximate surface area is 202 Å². The van der Waals surface area contributed by atoms with E-state index in [9.17, 15) is 9.59 Å². The highest BCUT2D eigenvalue weighted by molar-refractivity contribution is 6.42. The second kappa shape index (κ2) is 10.2. The molecule has 1 N–H and O–H groups in total. The number of nitrogens with zero attached hydrogens (tertiary/aromatic N) is 1. The Kier molecular flexibility index (Phi) is 7.29. The van der Waals surface area contributed by atoms with Crippen molar-refractivity contribution in [1.29, 1.82) is 0 Å². The molecule has 1 saturated heterocycles. The minimum Gasteiger partial charge on any atom is -0.482 e. The molecule has 2 aliphatic rings. The van der Waals surface area contributed by atoms with Crippen molar-refractivity contribution in [2.24, 2.45) is 0 Å². The van der Waals surface area contributed by atoms with Gasteiger partial charge in [0.05, 0.1) is 16.1 Å². The van der Waals surface area contributed by atoms with Crippen molar-refractivity contribution in [2.45, 2.75) is 44.4 Å². The molecule has 2 amide bonds. The molecule has 1 saturated carbocycles. The fourth-order valence-corrected chi connectivity index (χ4v) is 4.69. The zero-order chi connectivity index (χ0) is 22.7. The summed E-state index contributed by atoms with van der Waals surface area (Å²) in [5.74, 6) is -0.275. The Balaban J connectivity index is 1.48. The minimum absolute atomic E-state index is 0.0302. The molecule has 5 nitrogen and oxygen atoms in total. The summed E-state index contributed by atoms with van der Waals surface area (Å²) in [6, 6.07) is 12.3. The standard InChI is InChI=1S/C24H23Cl3N2O3/c25-17-5-3-4-15(10-17)12-22-24(31)29(20-6-1-2-7-21(20)32-22)14-23(30)28-13-16-8-9-18(26)19(27)11-16/h3-5,8-12,20-21H,1-2,6-7,13-14H2,(H,28,30)/b22-12+. The first kappa shape index (κ1) is 23.0. The topological polar surface area (TPSA) is 58.6 Å². The van der Waals surface area contributed by atoms with Gasteiger partial charge in [0.1, 0.15) is 12.6 Å². The number of halogens is 3. The van der Waals surface area contributed by atoms with Crippen LogP contribution in [0.1, 0.15) is 36.8 Å². The summed E-state index contributed by atoms with van der Waals surface area (Å²) < 4.78 is 6.08. The summed E-state index contributed by atoms with van der Waals surface area (Å²) in [5.41, 5.74) is 1.61. The first-order valence-corrected chi connectivity index (χ1v) is 11.7. The lowest BCUT2D eigenvalue weighted by atomic mass is 9.89. The van der Waals surface area contributed by atoms with Crippen LogP contribution in [-0.4, -0.2) is 35.4 Å². The van der Waals surface area contributed by atoms with E-state index in [1.807, 2.05) is 12.1 Å². The Hall–Kier alpha value is -2.21. The lowest BCUT2D eigenvalue weighted by Crippen LogP contribution is -2.57. The average Bonchev–Trinajstić information content (AvgIpc) is 2.77. The van der Waals surface area contributed by atoms with E-state index in [-0.39, 0.29) is 36.3 Å². The zero-order valence-corrected chi connectivity index (χ0v) is 19.6. The summed E-state index contributed by atoms with van der Waals surface area (Å²) in [7, 11) is 0. The van der Waals surface area contributed by atoms with Crippen molar-refractivity contribution in [3.63, 3.8) is 0 Å². The van der Waals surface area contributed by atoms with Gasteiger partial charge in [-0.05, 0) is 60.7 Å². The van der Waals surface area contributed by atoms with Gasteiger partial charge in [-0.3, -0.25) is 9.59 Å². The van der Waals surface area contributed by atoms with Crippen LogP contribution in [0.15, 0.2) is 48.2 Å². The largest absolute Gasteiger partial charge is 0.482 e. The fourth-order valence-electron chi connectivity index (χ4n) is 4.17. The van der Waals surface area contributed by atoms with Crippen molar-refractivity contribution in [3.05, 3.63) is 74.4 Å². The number of carbonyl (C=O) groups excluding carboxylic acids is 2. The van der Waals surface area contributed by atoms with Gasteiger partial charge in [-0.25, -0.2) is 0 Å². The van der Waals surface area contributed by atoms with Crippen LogP contribution in [0.3, 0.4) is 0 Å². The molecule has 2 aromatic rings. The molecule has 2 aromatic carbocycles.